The Morgan fingerprint density at radius 3 is 2.44 bits per heavy atom. The van der Waals surface area contributed by atoms with Crippen LogP contribution >= 0.6 is 15.9 Å². The van der Waals surface area contributed by atoms with Crippen LogP contribution in [0.4, 0.5) is 0 Å². The summed E-state index contributed by atoms with van der Waals surface area (Å²) in [5.41, 5.74) is 1.24. The van der Waals surface area contributed by atoms with Gasteiger partial charge in [0.05, 0.1) is 14.2 Å². The van der Waals surface area contributed by atoms with Crippen molar-refractivity contribution in [3.8, 4) is 11.5 Å². The highest BCUT2D eigenvalue weighted by Gasteiger charge is 2.11. The highest BCUT2D eigenvalue weighted by atomic mass is 79.9. The summed E-state index contributed by atoms with van der Waals surface area (Å²) in [5, 5.41) is 0. The van der Waals surface area contributed by atoms with Crippen molar-refractivity contribution in [1.82, 2.24) is 0 Å². The average molecular weight is 287 g/mol. The number of ether oxygens (including phenoxy) is 2. The molecule has 0 saturated carbocycles. The third kappa shape index (κ3) is 3.14. The number of hydrogen-bond acceptors (Lipinski definition) is 2. The molecule has 0 saturated heterocycles. The van der Waals surface area contributed by atoms with Gasteiger partial charge in [0.15, 0.2) is 0 Å². The highest BCUT2D eigenvalue weighted by Crippen LogP contribution is 2.37. The summed E-state index contributed by atoms with van der Waals surface area (Å²) in [6, 6.07) is 4.06. The van der Waals surface area contributed by atoms with Crippen molar-refractivity contribution in [3.63, 3.8) is 0 Å². The van der Waals surface area contributed by atoms with Crippen LogP contribution in [0.15, 0.2) is 16.6 Å². The van der Waals surface area contributed by atoms with E-state index in [0.29, 0.717) is 0 Å². The molecule has 0 aliphatic heterocycles. The molecule has 1 rings (SSSR count). The van der Waals surface area contributed by atoms with Gasteiger partial charge in [-0.05, 0) is 40.4 Å². The Hall–Kier alpha value is -0.700. The van der Waals surface area contributed by atoms with E-state index in [9.17, 15) is 0 Å². The van der Waals surface area contributed by atoms with Gasteiger partial charge < -0.3 is 9.47 Å². The lowest BCUT2D eigenvalue weighted by atomic mass is 10.1. The standard InChI is InChI=1S/C13H19BrO2/c1-4-5-6-7-10-8-9-11(15-2)12(14)13(10)16-3/h8-9H,4-7H2,1-3H3. The molecule has 0 amide bonds. The van der Waals surface area contributed by atoms with Crippen molar-refractivity contribution in [3.05, 3.63) is 22.2 Å². The van der Waals surface area contributed by atoms with Crippen LogP contribution in [0.5, 0.6) is 11.5 Å². The van der Waals surface area contributed by atoms with Gasteiger partial charge in [-0.2, -0.15) is 0 Å². The van der Waals surface area contributed by atoms with Crippen molar-refractivity contribution < 1.29 is 9.47 Å². The summed E-state index contributed by atoms with van der Waals surface area (Å²) in [6.07, 6.45) is 4.75. The predicted molar refractivity (Wildman–Crippen MR) is 70.5 cm³/mol. The van der Waals surface area contributed by atoms with Crippen molar-refractivity contribution in [2.75, 3.05) is 14.2 Å². The van der Waals surface area contributed by atoms with E-state index in [4.69, 9.17) is 9.47 Å². The summed E-state index contributed by atoms with van der Waals surface area (Å²) < 4.78 is 11.6. The highest BCUT2D eigenvalue weighted by molar-refractivity contribution is 9.10. The molecule has 2 nitrogen and oxygen atoms in total. The molecule has 0 heterocycles. The van der Waals surface area contributed by atoms with Crippen molar-refractivity contribution in [1.29, 1.82) is 0 Å². The van der Waals surface area contributed by atoms with Crippen molar-refractivity contribution in [2.45, 2.75) is 32.6 Å². The van der Waals surface area contributed by atoms with Gasteiger partial charge in [-0.3, -0.25) is 0 Å². The van der Waals surface area contributed by atoms with Gasteiger partial charge in [-0.25, -0.2) is 0 Å². The van der Waals surface area contributed by atoms with Crippen molar-refractivity contribution in [2.24, 2.45) is 0 Å². The van der Waals surface area contributed by atoms with Crippen LogP contribution < -0.4 is 9.47 Å². The molecule has 90 valence electrons. The molecule has 0 bridgehead atoms. The van der Waals surface area contributed by atoms with Crippen LogP contribution in [-0.2, 0) is 6.42 Å². The summed E-state index contributed by atoms with van der Waals surface area (Å²) in [5.74, 6) is 1.71. The zero-order valence-corrected chi connectivity index (χ0v) is 11.8. The van der Waals surface area contributed by atoms with Crippen LogP contribution in [0.1, 0.15) is 31.7 Å². The van der Waals surface area contributed by atoms with Crippen LogP contribution in [0.25, 0.3) is 0 Å². The number of aryl methyl sites for hydroxylation is 1. The van der Waals surface area contributed by atoms with E-state index in [1.807, 2.05) is 6.07 Å². The quantitative estimate of drug-likeness (QED) is 0.730. The first kappa shape index (κ1) is 13.4. The van der Waals surface area contributed by atoms with Crippen LogP contribution in [0.3, 0.4) is 0 Å². The maximum Gasteiger partial charge on any atom is 0.139 e. The first-order chi connectivity index (χ1) is 7.74. The van der Waals surface area contributed by atoms with E-state index in [1.54, 1.807) is 14.2 Å². The molecule has 1 aromatic rings. The second kappa shape index (κ2) is 6.79. The molecular formula is C13H19BrO2. The first-order valence-electron chi connectivity index (χ1n) is 5.64. The predicted octanol–water partition coefficient (Wildman–Crippen LogP) is 4.20. The molecule has 0 atom stereocenters. The van der Waals surface area contributed by atoms with Gasteiger partial charge in [-0.15, -0.1) is 0 Å². The van der Waals surface area contributed by atoms with Gasteiger partial charge >= 0.3 is 0 Å². The second-order valence-corrected chi connectivity index (χ2v) is 4.52. The normalized spacial score (nSPS) is 10.2. The number of benzene rings is 1. The van der Waals surface area contributed by atoms with Gasteiger partial charge in [0.25, 0.3) is 0 Å². The van der Waals surface area contributed by atoms with Gasteiger partial charge in [0.2, 0.25) is 0 Å². The third-order valence-corrected chi connectivity index (χ3v) is 3.37. The SMILES string of the molecule is CCCCCc1ccc(OC)c(Br)c1OC. The smallest absolute Gasteiger partial charge is 0.139 e. The molecule has 3 heteroatoms. The maximum absolute atomic E-state index is 5.42. The fourth-order valence-corrected chi connectivity index (χ4v) is 2.43. The lowest BCUT2D eigenvalue weighted by Crippen LogP contribution is -1.96. The molecule has 0 aliphatic carbocycles. The average Bonchev–Trinajstić information content (AvgIpc) is 2.30. The molecule has 0 radical (unpaired) electrons. The Balaban J connectivity index is 2.88. The zero-order valence-electron chi connectivity index (χ0n) is 10.2. The van der Waals surface area contributed by atoms with E-state index in [1.165, 1.54) is 24.8 Å². The third-order valence-electron chi connectivity index (χ3n) is 2.62. The molecular weight excluding hydrogens is 268 g/mol. The Labute approximate surface area is 106 Å². The second-order valence-electron chi connectivity index (χ2n) is 3.73. The van der Waals surface area contributed by atoms with E-state index in [-0.39, 0.29) is 0 Å². The van der Waals surface area contributed by atoms with Crippen molar-refractivity contribution >= 4 is 15.9 Å². The number of unbranched alkanes of at least 4 members (excludes halogenated alkanes) is 2. The fraction of sp³-hybridized carbons (Fsp3) is 0.538. The summed E-state index contributed by atoms with van der Waals surface area (Å²) in [7, 11) is 3.36. The number of rotatable bonds is 6. The summed E-state index contributed by atoms with van der Waals surface area (Å²) in [6.45, 7) is 2.21. The summed E-state index contributed by atoms with van der Waals surface area (Å²) >= 11 is 3.51. The minimum Gasteiger partial charge on any atom is -0.495 e. The largest absolute Gasteiger partial charge is 0.495 e. The molecule has 0 spiro atoms. The molecule has 0 fully saturated rings. The topological polar surface area (TPSA) is 18.5 Å². The number of methoxy groups -OCH3 is 2. The minimum absolute atomic E-state index is 0.816. The van der Waals surface area contributed by atoms with E-state index < -0.39 is 0 Å². The first-order valence-corrected chi connectivity index (χ1v) is 6.43. The fourth-order valence-electron chi connectivity index (χ4n) is 1.72. The van der Waals surface area contributed by atoms with Gasteiger partial charge in [-0.1, -0.05) is 25.8 Å². The number of halogens is 1. The Bertz CT molecular complexity index is 337. The zero-order chi connectivity index (χ0) is 12.0. The lowest BCUT2D eigenvalue weighted by molar-refractivity contribution is 0.385. The number of hydrogen-bond donors (Lipinski definition) is 0. The van der Waals surface area contributed by atoms with Crippen LogP contribution in [0.2, 0.25) is 0 Å². The van der Waals surface area contributed by atoms with E-state index in [2.05, 4.69) is 28.9 Å². The summed E-state index contributed by atoms with van der Waals surface area (Å²) in [4.78, 5) is 0. The molecule has 16 heavy (non-hydrogen) atoms. The van der Waals surface area contributed by atoms with Crippen LogP contribution in [-0.4, -0.2) is 14.2 Å². The Morgan fingerprint density at radius 2 is 1.88 bits per heavy atom. The van der Waals surface area contributed by atoms with Gasteiger partial charge in [0, 0.05) is 0 Å². The Morgan fingerprint density at radius 1 is 1.12 bits per heavy atom. The van der Waals surface area contributed by atoms with E-state index >= 15 is 0 Å². The van der Waals surface area contributed by atoms with Crippen LogP contribution in [0, 0.1) is 0 Å². The van der Waals surface area contributed by atoms with Gasteiger partial charge in [0.1, 0.15) is 16.0 Å². The molecule has 0 unspecified atom stereocenters. The maximum atomic E-state index is 5.42. The molecule has 0 aliphatic rings. The molecule has 1 aromatic carbocycles. The molecule has 0 N–H and O–H groups in total. The monoisotopic (exact) mass is 286 g/mol. The molecule has 0 aromatic heterocycles. The minimum atomic E-state index is 0.816. The lowest BCUT2D eigenvalue weighted by Gasteiger charge is -2.13. The van der Waals surface area contributed by atoms with E-state index in [0.717, 1.165) is 22.4 Å². The Kier molecular flexibility index (Phi) is 5.67.